The standard InChI is InChI=1S/C21H20F3N5O4/c1-25-14-8-15(28-19-16(14)12(9-26-19)21(22,23)24)27-13-3-2-11(17-18(13)33-10-32-17)20(30)29-4-6-31-7-5-29/h2-3,8-9H,4-7,10H2,1H3,(H3,25,26,27,28). The quantitative estimate of drug-likeness (QED) is 0.544. The summed E-state index contributed by atoms with van der Waals surface area (Å²) in [5.74, 6) is 0.747. The molecule has 33 heavy (non-hydrogen) atoms. The molecule has 0 saturated carbocycles. The van der Waals surface area contributed by atoms with Crippen LogP contribution in [-0.4, -0.2) is 60.9 Å². The fraction of sp³-hybridized carbons (Fsp3) is 0.333. The van der Waals surface area contributed by atoms with E-state index in [2.05, 4.69) is 20.6 Å². The Hall–Kier alpha value is -3.67. The summed E-state index contributed by atoms with van der Waals surface area (Å²) in [7, 11) is 1.53. The number of hydrogen-bond donors (Lipinski definition) is 3. The third-order valence-corrected chi connectivity index (χ3v) is 5.53. The molecule has 4 heterocycles. The number of morpholine rings is 1. The van der Waals surface area contributed by atoms with Gasteiger partial charge in [0.25, 0.3) is 5.91 Å². The lowest BCUT2D eigenvalue weighted by Gasteiger charge is -2.27. The minimum absolute atomic E-state index is 0.0492. The van der Waals surface area contributed by atoms with Crippen molar-refractivity contribution < 1.29 is 32.2 Å². The lowest BCUT2D eigenvalue weighted by molar-refractivity contribution is -0.136. The Bertz CT molecular complexity index is 1220. The smallest absolute Gasteiger partial charge is 0.418 e. The zero-order valence-corrected chi connectivity index (χ0v) is 17.5. The molecule has 1 saturated heterocycles. The summed E-state index contributed by atoms with van der Waals surface area (Å²) < 4.78 is 56.5. The summed E-state index contributed by atoms with van der Waals surface area (Å²) in [6, 6.07) is 4.75. The van der Waals surface area contributed by atoms with E-state index in [0.717, 1.165) is 6.20 Å². The molecule has 12 heteroatoms. The number of fused-ring (bicyclic) bond motifs is 2. The number of hydrogen-bond acceptors (Lipinski definition) is 7. The number of pyridine rings is 1. The Labute approximate surface area is 185 Å². The van der Waals surface area contributed by atoms with Crippen LogP contribution in [0.5, 0.6) is 11.5 Å². The van der Waals surface area contributed by atoms with Crippen LogP contribution < -0.4 is 20.1 Å². The average Bonchev–Trinajstić information content (AvgIpc) is 3.46. The molecular weight excluding hydrogens is 443 g/mol. The molecule has 3 aromatic rings. The average molecular weight is 463 g/mol. The predicted molar refractivity (Wildman–Crippen MR) is 113 cm³/mol. The van der Waals surface area contributed by atoms with Gasteiger partial charge in [-0.15, -0.1) is 0 Å². The molecule has 0 unspecified atom stereocenters. The second-order valence-electron chi connectivity index (χ2n) is 7.48. The van der Waals surface area contributed by atoms with Crippen molar-refractivity contribution in [1.82, 2.24) is 14.9 Å². The largest absolute Gasteiger partial charge is 0.453 e. The number of rotatable bonds is 4. The molecule has 1 amide bonds. The highest BCUT2D eigenvalue weighted by atomic mass is 19.4. The number of benzene rings is 1. The van der Waals surface area contributed by atoms with E-state index in [-0.39, 0.29) is 35.2 Å². The van der Waals surface area contributed by atoms with E-state index in [1.54, 1.807) is 17.0 Å². The topological polar surface area (TPSA) is 101 Å². The Kier molecular flexibility index (Phi) is 5.16. The predicted octanol–water partition coefficient (Wildman–Crippen LogP) is 3.57. The molecule has 174 valence electrons. The number of amides is 1. The molecule has 1 aromatic carbocycles. The van der Waals surface area contributed by atoms with Crippen LogP contribution in [0.3, 0.4) is 0 Å². The van der Waals surface area contributed by atoms with Crippen LogP contribution in [0.1, 0.15) is 15.9 Å². The number of carbonyl (C=O) groups excluding carboxylic acids is 1. The van der Waals surface area contributed by atoms with E-state index in [1.165, 1.54) is 13.1 Å². The van der Waals surface area contributed by atoms with Gasteiger partial charge in [-0.1, -0.05) is 0 Å². The molecule has 2 aliphatic heterocycles. The molecule has 0 spiro atoms. The van der Waals surface area contributed by atoms with Gasteiger partial charge < -0.3 is 34.7 Å². The van der Waals surface area contributed by atoms with Crippen molar-refractivity contribution in [2.45, 2.75) is 6.18 Å². The minimum atomic E-state index is -4.52. The van der Waals surface area contributed by atoms with Crippen molar-refractivity contribution in [3.63, 3.8) is 0 Å². The zero-order valence-electron chi connectivity index (χ0n) is 17.5. The first kappa shape index (κ1) is 21.2. The summed E-state index contributed by atoms with van der Waals surface area (Å²) in [6.45, 7) is 1.86. The van der Waals surface area contributed by atoms with Gasteiger partial charge in [-0.2, -0.15) is 13.2 Å². The molecular formula is C21H20F3N5O4. The van der Waals surface area contributed by atoms with Crippen LogP contribution in [0.15, 0.2) is 24.4 Å². The number of alkyl halides is 3. The van der Waals surface area contributed by atoms with Crippen LogP contribution in [0.25, 0.3) is 11.0 Å². The number of carbonyl (C=O) groups is 1. The second-order valence-corrected chi connectivity index (χ2v) is 7.48. The van der Waals surface area contributed by atoms with Crippen LogP contribution >= 0.6 is 0 Å². The number of nitrogens with zero attached hydrogens (tertiary/aromatic N) is 2. The van der Waals surface area contributed by atoms with Crippen LogP contribution in [0.2, 0.25) is 0 Å². The van der Waals surface area contributed by atoms with Gasteiger partial charge in [0.05, 0.1) is 35.4 Å². The number of anilines is 3. The van der Waals surface area contributed by atoms with Gasteiger partial charge in [-0.25, -0.2) is 4.98 Å². The molecule has 0 atom stereocenters. The van der Waals surface area contributed by atoms with Crippen molar-refractivity contribution in [2.24, 2.45) is 0 Å². The maximum atomic E-state index is 13.3. The van der Waals surface area contributed by atoms with Crippen molar-refractivity contribution in [3.05, 3.63) is 35.5 Å². The fourth-order valence-electron chi connectivity index (χ4n) is 3.96. The summed E-state index contributed by atoms with van der Waals surface area (Å²) >= 11 is 0. The summed E-state index contributed by atoms with van der Waals surface area (Å²) in [5, 5.41) is 5.80. The molecule has 9 nitrogen and oxygen atoms in total. The Balaban J connectivity index is 1.49. The number of aromatic amines is 1. The van der Waals surface area contributed by atoms with Crippen LogP contribution in [0.4, 0.5) is 30.4 Å². The molecule has 3 N–H and O–H groups in total. The molecule has 0 aliphatic carbocycles. The number of nitrogens with one attached hydrogen (secondary N) is 3. The van der Waals surface area contributed by atoms with E-state index >= 15 is 0 Å². The Morgan fingerprint density at radius 2 is 1.91 bits per heavy atom. The molecule has 0 radical (unpaired) electrons. The van der Waals surface area contributed by atoms with Gasteiger partial charge in [0.15, 0.2) is 11.5 Å². The molecule has 1 fully saturated rings. The van der Waals surface area contributed by atoms with Gasteiger partial charge >= 0.3 is 6.18 Å². The van der Waals surface area contributed by atoms with Crippen molar-refractivity contribution in [1.29, 1.82) is 0 Å². The third kappa shape index (κ3) is 3.75. The third-order valence-electron chi connectivity index (χ3n) is 5.53. The Morgan fingerprint density at radius 1 is 1.15 bits per heavy atom. The molecule has 0 bridgehead atoms. The SMILES string of the molecule is CNc1cc(Nc2ccc(C(=O)N3CCOCC3)c3c2OCO3)nc2[nH]cc(C(F)(F)F)c12. The minimum Gasteiger partial charge on any atom is -0.453 e. The van der Waals surface area contributed by atoms with Crippen molar-refractivity contribution in [2.75, 3.05) is 50.8 Å². The van der Waals surface area contributed by atoms with E-state index < -0.39 is 11.7 Å². The van der Waals surface area contributed by atoms with Gasteiger partial charge in [0, 0.05) is 38.1 Å². The van der Waals surface area contributed by atoms with Crippen LogP contribution in [-0.2, 0) is 10.9 Å². The number of halogens is 3. The van der Waals surface area contributed by atoms with E-state index in [4.69, 9.17) is 14.2 Å². The first-order valence-corrected chi connectivity index (χ1v) is 10.2. The van der Waals surface area contributed by atoms with Gasteiger partial charge in [0.2, 0.25) is 6.79 Å². The summed E-state index contributed by atoms with van der Waals surface area (Å²) in [5.41, 5.74) is 0.365. The number of H-pyrrole nitrogens is 1. The highest BCUT2D eigenvalue weighted by Gasteiger charge is 2.35. The maximum Gasteiger partial charge on any atom is 0.418 e. The normalized spacial score (nSPS) is 15.7. The first-order chi connectivity index (χ1) is 15.9. The second kappa shape index (κ2) is 8.03. The Morgan fingerprint density at radius 3 is 2.64 bits per heavy atom. The van der Waals surface area contributed by atoms with Crippen molar-refractivity contribution in [3.8, 4) is 11.5 Å². The summed E-state index contributed by atoms with van der Waals surface area (Å²) in [4.78, 5) is 21.5. The molecule has 2 aromatic heterocycles. The molecule has 5 rings (SSSR count). The zero-order chi connectivity index (χ0) is 23.2. The van der Waals surface area contributed by atoms with Crippen molar-refractivity contribution >= 4 is 34.1 Å². The monoisotopic (exact) mass is 463 g/mol. The van der Waals surface area contributed by atoms with Gasteiger partial charge in [-0.05, 0) is 12.1 Å². The number of ether oxygens (including phenoxy) is 3. The lowest BCUT2D eigenvalue weighted by Crippen LogP contribution is -2.40. The fourth-order valence-corrected chi connectivity index (χ4v) is 3.96. The van der Waals surface area contributed by atoms with Gasteiger partial charge in [-0.3, -0.25) is 4.79 Å². The van der Waals surface area contributed by atoms with Gasteiger partial charge in [0.1, 0.15) is 11.5 Å². The summed E-state index contributed by atoms with van der Waals surface area (Å²) in [6.07, 6.45) is -3.63. The van der Waals surface area contributed by atoms with E-state index in [1.807, 2.05) is 0 Å². The highest BCUT2D eigenvalue weighted by molar-refractivity contribution is 6.00. The number of aromatic nitrogens is 2. The van der Waals surface area contributed by atoms with Crippen LogP contribution in [0, 0.1) is 0 Å². The first-order valence-electron chi connectivity index (χ1n) is 10.2. The molecule has 2 aliphatic rings. The van der Waals surface area contributed by atoms with E-state index in [9.17, 15) is 18.0 Å². The van der Waals surface area contributed by atoms with E-state index in [0.29, 0.717) is 49.1 Å². The highest BCUT2D eigenvalue weighted by Crippen LogP contribution is 2.44. The maximum absolute atomic E-state index is 13.3. The lowest BCUT2D eigenvalue weighted by atomic mass is 10.1.